The number of nitriles is 1. The van der Waals surface area contributed by atoms with Gasteiger partial charge in [-0.1, -0.05) is 40.8 Å². The van der Waals surface area contributed by atoms with E-state index in [-0.39, 0.29) is 16.8 Å². The predicted octanol–water partition coefficient (Wildman–Crippen LogP) is 3.86. The van der Waals surface area contributed by atoms with E-state index in [1.807, 2.05) is 34.9 Å². The number of amides is 1. The van der Waals surface area contributed by atoms with E-state index in [2.05, 4.69) is 27.9 Å². The van der Waals surface area contributed by atoms with Gasteiger partial charge in [0, 0.05) is 17.1 Å². The lowest BCUT2D eigenvalue weighted by Crippen LogP contribution is -2.14. The maximum atomic E-state index is 12.7. The molecule has 0 aliphatic heterocycles. The van der Waals surface area contributed by atoms with Crippen LogP contribution < -0.4 is 5.32 Å². The topological polar surface area (TPSA) is 95.1 Å². The number of halogens is 1. The van der Waals surface area contributed by atoms with E-state index >= 15 is 0 Å². The third-order valence-corrected chi connectivity index (χ3v) is 4.52. The van der Waals surface area contributed by atoms with Gasteiger partial charge in [-0.2, -0.15) is 5.26 Å². The summed E-state index contributed by atoms with van der Waals surface area (Å²) in [5.74, 6) is -1.60. The zero-order valence-electron chi connectivity index (χ0n) is 12.9. The standard InChI is InChI=1S/C18H12IN3O3/c19-10-22-9-14(12-3-1-2-4-16(12)22)17(23)21-15-6-5-11(8-20)7-13(15)18(24)25/h1-7,9H,10H2,(H,21,23)(H,24,25). The van der Waals surface area contributed by atoms with Crippen molar-refractivity contribution in [1.82, 2.24) is 4.57 Å². The molecule has 1 amide bonds. The molecular weight excluding hydrogens is 433 g/mol. The maximum Gasteiger partial charge on any atom is 0.337 e. The van der Waals surface area contributed by atoms with Gasteiger partial charge in [0.25, 0.3) is 5.91 Å². The van der Waals surface area contributed by atoms with Crippen molar-refractivity contribution in [2.45, 2.75) is 4.55 Å². The predicted molar refractivity (Wildman–Crippen MR) is 102 cm³/mol. The highest BCUT2D eigenvalue weighted by Crippen LogP contribution is 2.24. The second-order valence-corrected chi connectivity index (χ2v) is 5.96. The second kappa shape index (κ2) is 6.94. The molecule has 0 aliphatic rings. The molecule has 6 nitrogen and oxygen atoms in total. The minimum Gasteiger partial charge on any atom is -0.478 e. The number of carboxylic acids is 1. The largest absolute Gasteiger partial charge is 0.478 e. The van der Waals surface area contributed by atoms with Crippen LogP contribution in [0.25, 0.3) is 10.9 Å². The van der Waals surface area contributed by atoms with Crippen LogP contribution in [0.5, 0.6) is 0 Å². The molecule has 0 bridgehead atoms. The fourth-order valence-electron chi connectivity index (χ4n) is 2.62. The Morgan fingerprint density at radius 2 is 1.96 bits per heavy atom. The summed E-state index contributed by atoms with van der Waals surface area (Å²) in [5, 5.41) is 21.7. The minimum absolute atomic E-state index is 0.120. The Kier molecular flexibility index (Phi) is 4.72. The molecule has 3 rings (SSSR count). The quantitative estimate of drug-likeness (QED) is 0.471. The second-order valence-electron chi connectivity index (χ2n) is 5.28. The normalized spacial score (nSPS) is 10.4. The number of nitrogens with zero attached hydrogens (tertiary/aromatic N) is 2. The summed E-state index contributed by atoms with van der Waals surface area (Å²) in [4.78, 5) is 24.1. The van der Waals surface area contributed by atoms with Gasteiger partial charge in [0.2, 0.25) is 0 Å². The number of hydrogen-bond donors (Lipinski definition) is 2. The first-order valence-corrected chi connectivity index (χ1v) is 8.80. The van der Waals surface area contributed by atoms with E-state index < -0.39 is 11.9 Å². The van der Waals surface area contributed by atoms with Crippen molar-refractivity contribution < 1.29 is 14.7 Å². The number of alkyl halides is 1. The Morgan fingerprint density at radius 3 is 2.64 bits per heavy atom. The molecule has 7 heteroatoms. The summed E-state index contributed by atoms with van der Waals surface area (Å²) >= 11 is 2.21. The van der Waals surface area contributed by atoms with E-state index in [9.17, 15) is 14.7 Å². The summed E-state index contributed by atoms with van der Waals surface area (Å²) in [6.45, 7) is 0. The molecule has 25 heavy (non-hydrogen) atoms. The molecule has 0 saturated heterocycles. The van der Waals surface area contributed by atoms with Crippen LogP contribution in [0.2, 0.25) is 0 Å². The molecule has 0 aliphatic carbocycles. The molecule has 3 aromatic rings. The molecular formula is C18H12IN3O3. The Hall–Kier alpha value is -2.86. The highest BCUT2D eigenvalue weighted by molar-refractivity contribution is 14.1. The monoisotopic (exact) mass is 445 g/mol. The molecule has 124 valence electrons. The number of carbonyl (C=O) groups excluding carboxylic acids is 1. The van der Waals surface area contributed by atoms with Gasteiger partial charge < -0.3 is 15.0 Å². The number of aromatic nitrogens is 1. The molecule has 0 fully saturated rings. The molecule has 0 radical (unpaired) electrons. The molecule has 0 spiro atoms. The number of carbonyl (C=O) groups is 2. The maximum absolute atomic E-state index is 12.7. The van der Waals surface area contributed by atoms with Crippen molar-refractivity contribution in [1.29, 1.82) is 5.26 Å². The van der Waals surface area contributed by atoms with Gasteiger partial charge in [-0.25, -0.2) is 4.79 Å². The Bertz CT molecular complexity index is 1030. The number of rotatable bonds is 4. The number of nitrogens with one attached hydrogen (secondary N) is 1. The van der Waals surface area contributed by atoms with Crippen molar-refractivity contribution >= 4 is 51.1 Å². The van der Waals surface area contributed by atoms with Crippen LogP contribution >= 0.6 is 22.6 Å². The van der Waals surface area contributed by atoms with Crippen LogP contribution in [0.1, 0.15) is 26.3 Å². The van der Waals surface area contributed by atoms with Gasteiger partial charge in [0.15, 0.2) is 0 Å². The number of carboxylic acid groups (broad SMARTS) is 1. The average Bonchev–Trinajstić information content (AvgIpc) is 3.00. The first-order valence-electron chi connectivity index (χ1n) is 7.27. The molecule has 0 saturated carbocycles. The Labute approximate surface area is 156 Å². The SMILES string of the molecule is N#Cc1ccc(NC(=O)c2cn(CI)c3ccccc23)c(C(=O)O)c1. The molecule has 2 N–H and O–H groups in total. The zero-order chi connectivity index (χ0) is 18.0. The Balaban J connectivity index is 2.02. The molecule has 0 unspecified atom stereocenters. The van der Waals surface area contributed by atoms with Crippen molar-refractivity contribution in [2.75, 3.05) is 5.32 Å². The van der Waals surface area contributed by atoms with Crippen LogP contribution in [0.3, 0.4) is 0 Å². The summed E-state index contributed by atoms with van der Waals surface area (Å²) in [7, 11) is 0. The minimum atomic E-state index is -1.21. The Morgan fingerprint density at radius 1 is 1.20 bits per heavy atom. The molecule has 1 heterocycles. The summed E-state index contributed by atoms with van der Waals surface area (Å²) in [6.07, 6.45) is 1.75. The number of anilines is 1. The van der Waals surface area contributed by atoms with E-state index in [1.165, 1.54) is 18.2 Å². The first-order chi connectivity index (χ1) is 12.0. The third kappa shape index (κ3) is 3.21. The van der Waals surface area contributed by atoms with Gasteiger partial charge in [0.1, 0.15) is 0 Å². The lowest BCUT2D eigenvalue weighted by Gasteiger charge is -2.08. The van der Waals surface area contributed by atoms with Crippen LogP contribution in [-0.2, 0) is 4.55 Å². The summed E-state index contributed by atoms with van der Waals surface area (Å²) < 4.78 is 2.63. The number of fused-ring (bicyclic) bond motifs is 1. The van der Waals surface area contributed by atoms with Gasteiger partial charge in [-0.3, -0.25) is 4.79 Å². The van der Waals surface area contributed by atoms with Crippen LogP contribution in [-0.4, -0.2) is 21.6 Å². The first kappa shape index (κ1) is 17.0. The summed E-state index contributed by atoms with van der Waals surface area (Å²) in [6, 6.07) is 13.6. The van der Waals surface area contributed by atoms with E-state index in [1.54, 1.807) is 6.20 Å². The zero-order valence-corrected chi connectivity index (χ0v) is 15.0. The fraction of sp³-hybridized carbons (Fsp3) is 0.0556. The van der Waals surface area contributed by atoms with Gasteiger partial charge in [0.05, 0.1) is 33.0 Å². The van der Waals surface area contributed by atoms with Crippen LogP contribution in [0.15, 0.2) is 48.7 Å². The third-order valence-electron chi connectivity index (χ3n) is 3.79. The van der Waals surface area contributed by atoms with Gasteiger partial charge >= 0.3 is 5.97 Å². The van der Waals surface area contributed by atoms with Crippen molar-refractivity contribution in [3.8, 4) is 6.07 Å². The number of aromatic carboxylic acids is 1. The molecule has 2 aromatic carbocycles. The highest BCUT2D eigenvalue weighted by Gasteiger charge is 2.18. The molecule has 1 aromatic heterocycles. The number of para-hydroxylation sites is 1. The fourth-order valence-corrected chi connectivity index (χ4v) is 3.18. The van der Waals surface area contributed by atoms with E-state index in [0.717, 1.165) is 10.9 Å². The van der Waals surface area contributed by atoms with E-state index in [0.29, 0.717) is 10.1 Å². The lowest BCUT2D eigenvalue weighted by atomic mass is 10.1. The van der Waals surface area contributed by atoms with E-state index in [4.69, 9.17) is 5.26 Å². The smallest absolute Gasteiger partial charge is 0.337 e. The number of benzene rings is 2. The van der Waals surface area contributed by atoms with Crippen molar-refractivity contribution in [3.63, 3.8) is 0 Å². The van der Waals surface area contributed by atoms with Crippen LogP contribution in [0.4, 0.5) is 5.69 Å². The van der Waals surface area contributed by atoms with Crippen molar-refractivity contribution in [3.05, 3.63) is 65.4 Å². The van der Waals surface area contributed by atoms with Crippen molar-refractivity contribution in [2.24, 2.45) is 0 Å². The van der Waals surface area contributed by atoms with Crippen LogP contribution in [0, 0.1) is 11.3 Å². The van der Waals surface area contributed by atoms with Gasteiger partial charge in [-0.05, 0) is 24.3 Å². The molecule has 0 atom stereocenters. The van der Waals surface area contributed by atoms with Gasteiger partial charge in [-0.15, -0.1) is 0 Å². The summed E-state index contributed by atoms with van der Waals surface area (Å²) in [5.41, 5.74) is 1.65. The average molecular weight is 445 g/mol. The number of hydrogen-bond acceptors (Lipinski definition) is 3. The lowest BCUT2D eigenvalue weighted by molar-refractivity contribution is 0.0698. The highest BCUT2D eigenvalue weighted by atomic mass is 127.